The number of piperazine rings is 1. The van der Waals surface area contributed by atoms with Crippen LogP contribution in [0.25, 0.3) is 0 Å². The molecule has 0 atom stereocenters. The first kappa shape index (κ1) is 19.3. The van der Waals surface area contributed by atoms with E-state index in [0.29, 0.717) is 18.3 Å². The third-order valence-electron chi connectivity index (χ3n) is 5.12. The van der Waals surface area contributed by atoms with E-state index in [0.717, 1.165) is 44.8 Å². The van der Waals surface area contributed by atoms with E-state index in [1.165, 1.54) is 5.56 Å². The highest BCUT2D eigenvalue weighted by Crippen LogP contribution is 2.14. The molecule has 0 unspecified atom stereocenters. The van der Waals surface area contributed by atoms with Crippen molar-refractivity contribution in [3.8, 4) is 0 Å². The summed E-state index contributed by atoms with van der Waals surface area (Å²) in [5, 5.41) is 3.19. The molecule has 1 saturated heterocycles. The molecule has 0 amide bonds. The van der Waals surface area contributed by atoms with Crippen LogP contribution in [0.5, 0.6) is 0 Å². The summed E-state index contributed by atoms with van der Waals surface area (Å²) in [5.74, 6) is 1.43. The van der Waals surface area contributed by atoms with Gasteiger partial charge in [0.25, 0.3) is 0 Å². The minimum absolute atomic E-state index is 0.245. The second-order valence-electron chi connectivity index (χ2n) is 7.28. The Balaban J connectivity index is 1.29. The molecule has 0 radical (unpaired) electrons. The maximum Gasteiger partial charge on any atom is 0.232 e. The summed E-state index contributed by atoms with van der Waals surface area (Å²) in [6, 6.07) is 20.5. The van der Waals surface area contributed by atoms with Crippen LogP contribution < -0.4 is 11.1 Å². The first-order valence-corrected chi connectivity index (χ1v) is 10.1. The normalized spacial score (nSPS) is 15.3. The van der Waals surface area contributed by atoms with Crippen molar-refractivity contribution in [3.05, 3.63) is 72.1 Å². The molecule has 1 fully saturated rings. The summed E-state index contributed by atoms with van der Waals surface area (Å²) in [4.78, 5) is 18.0. The Kier molecular flexibility index (Phi) is 6.29. The van der Waals surface area contributed by atoms with Crippen molar-refractivity contribution in [2.45, 2.75) is 13.0 Å². The van der Waals surface area contributed by atoms with Crippen LogP contribution >= 0.6 is 0 Å². The Morgan fingerprint density at radius 1 is 0.793 bits per heavy atom. The molecule has 1 aromatic heterocycles. The monoisotopic (exact) mass is 389 g/mol. The van der Waals surface area contributed by atoms with E-state index in [4.69, 9.17) is 5.73 Å². The van der Waals surface area contributed by atoms with Gasteiger partial charge in [-0.2, -0.15) is 15.0 Å². The van der Waals surface area contributed by atoms with Crippen LogP contribution in [0.15, 0.2) is 60.7 Å². The highest BCUT2D eigenvalue weighted by Gasteiger charge is 2.18. The zero-order valence-corrected chi connectivity index (χ0v) is 16.5. The summed E-state index contributed by atoms with van der Waals surface area (Å²) in [7, 11) is 0. The molecule has 1 aliphatic rings. The Labute approximate surface area is 171 Å². The lowest BCUT2D eigenvalue weighted by atomic mass is 10.1. The SMILES string of the molecule is Nc1nc(CN2CCN(CCc3ccccc3)CC2)nc(Nc2ccccc2)n1. The van der Waals surface area contributed by atoms with Crippen molar-refractivity contribution >= 4 is 17.6 Å². The number of nitrogens with one attached hydrogen (secondary N) is 1. The smallest absolute Gasteiger partial charge is 0.232 e. The predicted molar refractivity (Wildman–Crippen MR) is 116 cm³/mol. The fraction of sp³-hybridized carbons (Fsp3) is 0.318. The van der Waals surface area contributed by atoms with Crippen LogP contribution in [0, 0.1) is 0 Å². The highest BCUT2D eigenvalue weighted by atomic mass is 15.3. The molecule has 0 saturated carbocycles. The average Bonchev–Trinajstić information content (AvgIpc) is 2.74. The van der Waals surface area contributed by atoms with Crippen molar-refractivity contribution < 1.29 is 0 Å². The van der Waals surface area contributed by atoms with Gasteiger partial charge in [0, 0.05) is 38.4 Å². The molecule has 4 rings (SSSR count). The number of nitrogens with two attached hydrogens (primary N) is 1. The van der Waals surface area contributed by atoms with Gasteiger partial charge in [0.1, 0.15) is 5.82 Å². The molecule has 0 bridgehead atoms. The van der Waals surface area contributed by atoms with Crippen LogP contribution in [-0.4, -0.2) is 57.5 Å². The van der Waals surface area contributed by atoms with E-state index < -0.39 is 0 Å². The topological polar surface area (TPSA) is 83.2 Å². The Morgan fingerprint density at radius 3 is 2.17 bits per heavy atom. The maximum atomic E-state index is 5.91. The lowest BCUT2D eigenvalue weighted by Gasteiger charge is -2.34. The third kappa shape index (κ3) is 5.73. The molecule has 3 aromatic rings. The summed E-state index contributed by atoms with van der Waals surface area (Å²) in [6.07, 6.45) is 1.10. The van der Waals surface area contributed by atoms with E-state index in [-0.39, 0.29) is 5.95 Å². The van der Waals surface area contributed by atoms with Crippen molar-refractivity contribution in [1.29, 1.82) is 0 Å². The molecule has 2 heterocycles. The van der Waals surface area contributed by atoms with Gasteiger partial charge in [-0.15, -0.1) is 0 Å². The molecule has 7 heteroatoms. The first-order chi connectivity index (χ1) is 14.2. The van der Waals surface area contributed by atoms with Gasteiger partial charge in [-0.05, 0) is 24.1 Å². The Hall–Kier alpha value is -3.03. The first-order valence-electron chi connectivity index (χ1n) is 10.1. The number of para-hydroxylation sites is 1. The highest BCUT2D eigenvalue weighted by molar-refractivity contribution is 5.53. The minimum Gasteiger partial charge on any atom is -0.368 e. The fourth-order valence-electron chi connectivity index (χ4n) is 3.52. The van der Waals surface area contributed by atoms with Crippen LogP contribution in [-0.2, 0) is 13.0 Å². The fourth-order valence-corrected chi connectivity index (χ4v) is 3.52. The van der Waals surface area contributed by atoms with Crippen LogP contribution in [0.4, 0.5) is 17.6 Å². The van der Waals surface area contributed by atoms with Crippen LogP contribution in [0.1, 0.15) is 11.4 Å². The summed E-state index contributed by atoms with van der Waals surface area (Å²) < 4.78 is 0. The third-order valence-corrected chi connectivity index (χ3v) is 5.12. The van der Waals surface area contributed by atoms with Gasteiger partial charge >= 0.3 is 0 Å². The average molecular weight is 390 g/mol. The summed E-state index contributed by atoms with van der Waals surface area (Å²) in [6.45, 7) is 5.90. The quantitative estimate of drug-likeness (QED) is 0.642. The number of rotatable bonds is 7. The van der Waals surface area contributed by atoms with E-state index in [1.807, 2.05) is 30.3 Å². The molecule has 2 aromatic carbocycles. The van der Waals surface area contributed by atoms with E-state index in [1.54, 1.807) is 0 Å². The lowest BCUT2D eigenvalue weighted by molar-refractivity contribution is 0.126. The number of hydrogen-bond acceptors (Lipinski definition) is 7. The molecule has 0 spiro atoms. The van der Waals surface area contributed by atoms with Crippen LogP contribution in [0.2, 0.25) is 0 Å². The van der Waals surface area contributed by atoms with Crippen molar-refractivity contribution in [1.82, 2.24) is 24.8 Å². The Bertz CT molecular complexity index is 894. The van der Waals surface area contributed by atoms with Gasteiger partial charge in [-0.3, -0.25) is 4.90 Å². The largest absolute Gasteiger partial charge is 0.368 e. The predicted octanol–water partition coefficient (Wildman–Crippen LogP) is 2.56. The summed E-state index contributed by atoms with van der Waals surface area (Å²) >= 11 is 0. The zero-order chi connectivity index (χ0) is 19.9. The molecular formula is C22H27N7. The summed E-state index contributed by atoms with van der Waals surface area (Å²) in [5.41, 5.74) is 8.23. The number of benzene rings is 2. The van der Waals surface area contributed by atoms with Gasteiger partial charge in [-0.25, -0.2) is 0 Å². The van der Waals surface area contributed by atoms with Gasteiger partial charge in [-0.1, -0.05) is 48.5 Å². The zero-order valence-electron chi connectivity index (χ0n) is 16.5. The lowest BCUT2D eigenvalue weighted by Crippen LogP contribution is -2.46. The molecule has 29 heavy (non-hydrogen) atoms. The molecule has 3 N–H and O–H groups in total. The van der Waals surface area contributed by atoms with Gasteiger partial charge in [0.2, 0.25) is 11.9 Å². The van der Waals surface area contributed by atoms with Gasteiger partial charge in [0.15, 0.2) is 0 Å². The van der Waals surface area contributed by atoms with Crippen molar-refractivity contribution in [3.63, 3.8) is 0 Å². The standard InChI is InChI=1S/C22H27N7/c23-21-25-20(26-22(27-21)24-19-9-5-2-6-10-19)17-29-15-13-28(14-16-29)12-11-18-7-3-1-4-8-18/h1-10H,11-17H2,(H3,23,24,25,26,27). The second-order valence-corrected chi connectivity index (χ2v) is 7.28. The molecule has 7 nitrogen and oxygen atoms in total. The van der Waals surface area contributed by atoms with Crippen molar-refractivity contribution in [2.24, 2.45) is 0 Å². The van der Waals surface area contributed by atoms with Crippen molar-refractivity contribution in [2.75, 3.05) is 43.8 Å². The molecule has 1 aliphatic heterocycles. The minimum atomic E-state index is 0.245. The van der Waals surface area contributed by atoms with Gasteiger partial charge < -0.3 is 16.0 Å². The molecular weight excluding hydrogens is 362 g/mol. The number of anilines is 3. The number of nitrogens with zero attached hydrogens (tertiary/aromatic N) is 5. The Morgan fingerprint density at radius 2 is 1.45 bits per heavy atom. The molecule has 0 aliphatic carbocycles. The van der Waals surface area contributed by atoms with Gasteiger partial charge in [0.05, 0.1) is 6.54 Å². The van der Waals surface area contributed by atoms with Crippen LogP contribution in [0.3, 0.4) is 0 Å². The van der Waals surface area contributed by atoms with E-state index in [9.17, 15) is 0 Å². The number of aromatic nitrogens is 3. The number of nitrogen functional groups attached to an aromatic ring is 1. The second kappa shape index (κ2) is 9.45. The van der Waals surface area contributed by atoms with E-state index >= 15 is 0 Å². The van der Waals surface area contributed by atoms with E-state index in [2.05, 4.69) is 60.4 Å². The molecule has 150 valence electrons. The number of hydrogen-bond donors (Lipinski definition) is 2. The maximum absolute atomic E-state index is 5.91.